The van der Waals surface area contributed by atoms with Crippen molar-refractivity contribution in [2.75, 3.05) is 5.32 Å². The minimum absolute atomic E-state index is 0.00288. The molecule has 10 atom stereocenters. The molecule has 7 aliphatic rings. The quantitative estimate of drug-likeness (QED) is 0.105. The van der Waals surface area contributed by atoms with Crippen molar-refractivity contribution in [1.29, 1.82) is 0 Å². The van der Waals surface area contributed by atoms with Gasteiger partial charge in [0.15, 0.2) is 0 Å². The van der Waals surface area contributed by atoms with Crippen molar-refractivity contribution in [2.24, 2.45) is 52.8 Å². The van der Waals surface area contributed by atoms with E-state index >= 15 is 0 Å². The number of anilines is 1. The van der Waals surface area contributed by atoms with Crippen molar-refractivity contribution in [3.63, 3.8) is 0 Å². The predicted octanol–water partition coefficient (Wildman–Crippen LogP) is 9.38. The number of para-hydroxylation sites is 1. The molecule has 12 heteroatoms. The Bertz CT molecular complexity index is 2900. The van der Waals surface area contributed by atoms with Crippen LogP contribution < -0.4 is 20.1 Å². The summed E-state index contributed by atoms with van der Waals surface area (Å²) in [6, 6.07) is 18.5. The number of ether oxygens (including phenoxy) is 2. The van der Waals surface area contributed by atoms with Gasteiger partial charge in [0, 0.05) is 52.4 Å². The van der Waals surface area contributed by atoms with Gasteiger partial charge in [0.2, 0.25) is 17.8 Å². The Morgan fingerprint density at radius 1 is 0.810 bits per heavy atom. The number of carbonyl (C=O) groups excluding carboxylic acids is 2. The Morgan fingerprint density at radius 2 is 1.43 bits per heavy atom. The van der Waals surface area contributed by atoms with Crippen molar-refractivity contribution < 1.29 is 27.8 Å². The molecule has 6 aromatic rings. The van der Waals surface area contributed by atoms with Gasteiger partial charge in [0.25, 0.3) is 0 Å². The van der Waals surface area contributed by atoms with E-state index in [1.54, 1.807) is 24.4 Å². The fourth-order valence-electron chi connectivity index (χ4n) is 13.1. The molecule has 7 fully saturated rings. The first-order valence-electron chi connectivity index (χ1n) is 22.5. The number of hydrogen-bond acceptors (Lipinski definition) is 7. The molecule has 7 aliphatic carbocycles. The van der Waals surface area contributed by atoms with E-state index in [9.17, 15) is 18.4 Å². The highest BCUT2D eigenvalue weighted by molar-refractivity contribution is 5.98. The predicted molar refractivity (Wildman–Crippen MR) is 234 cm³/mol. The van der Waals surface area contributed by atoms with Crippen molar-refractivity contribution in [3.8, 4) is 35.1 Å². The Kier molecular flexibility index (Phi) is 8.54. The summed E-state index contributed by atoms with van der Waals surface area (Å²) in [5, 5.41) is 7.69. The lowest BCUT2D eigenvalue weighted by molar-refractivity contribution is -0.165. The SMILES string of the molecule is C#CCC12CC(NC(=O)C(C)[C@H]3[C@@H]4C[C@@H](Oc5cc(-c6cccc7[nH]c(NC(=O)C(C)[C@H]8[C@@H]9C[C@@H](Oc%10ccnc%11ccc(F)cc%10%11)C[C@@H]98)nc67)nc6ccc(F)cc56)C[C@@H]43)(C1)C2. The number of amides is 2. The number of pyridine rings is 2. The van der Waals surface area contributed by atoms with E-state index < -0.39 is 0 Å². The summed E-state index contributed by atoms with van der Waals surface area (Å²) in [4.78, 5) is 44.5. The lowest BCUT2D eigenvalue weighted by Gasteiger charge is -2.70. The van der Waals surface area contributed by atoms with E-state index in [1.165, 1.54) is 24.3 Å². The number of carbonyl (C=O) groups is 2. The van der Waals surface area contributed by atoms with Gasteiger partial charge in [0.1, 0.15) is 23.1 Å². The third-order valence-electron chi connectivity index (χ3n) is 15.9. The molecule has 3 N–H and O–H groups in total. The first kappa shape index (κ1) is 38.6. The number of benzene rings is 3. The summed E-state index contributed by atoms with van der Waals surface area (Å²) >= 11 is 0. The van der Waals surface area contributed by atoms with Crippen molar-refractivity contribution in [1.82, 2.24) is 25.3 Å². The third-order valence-corrected chi connectivity index (χ3v) is 15.9. The second-order valence-electron chi connectivity index (χ2n) is 19.9. The second-order valence-corrected chi connectivity index (χ2v) is 19.9. The Labute approximate surface area is 363 Å². The topological polar surface area (TPSA) is 131 Å². The molecular weight excluding hydrogens is 799 g/mol. The van der Waals surface area contributed by atoms with Crippen LogP contribution in [-0.4, -0.2) is 49.5 Å². The van der Waals surface area contributed by atoms with Crippen LogP contribution in [0.3, 0.4) is 0 Å². The molecule has 0 aliphatic heterocycles. The maximum absolute atomic E-state index is 14.7. The van der Waals surface area contributed by atoms with Crippen LogP contribution in [0.1, 0.15) is 65.2 Å². The number of fused-ring (bicyclic) bond motifs is 5. The van der Waals surface area contributed by atoms with E-state index in [4.69, 9.17) is 25.9 Å². The molecule has 2 amide bonds. The first-order chi connectivity index (χ1) is 30.5. The minimum atomic E-state index is -0.367. The monoisotopic (exact) mass is 846 g/mol. The second kappa shape index (κ2) is 14.0. The number of terminal acetylenes is 1. The normalized spacial score (nSPS) is 31.5. The highest BCUT2D eigenvalue weighted by Crippen LogP contribution is 2.69. The smallest absolute Gasteiger partial charge is 0.229 e. The number of hydrogen-bond donors (Lipinski definition) is 3. The lowest BCUT2D eigenvalue weighted by atomic mass is 9.38. The van der Waals surface area contributed by atoms with Crippen LogP contribution in [0, 0.1) is 76.7 Å². The van der Waals surface area contributed by atoms with Crippen LogP contribution in [0.4, 0.5) is 14.7 Å². The number of nitrogens with one attached hydrogen (secondary N) is 3. The van der Waals surface area contributed by atoms with E-state index in [1.807, 2.05) is 31.2 Å². The zero-order valence-corrected chi connectivity index (χ0v) is 35.2. The molecule has 2 bridgehead atoms. The number of halogens is 2. The van der Waals surface area contributed by atoms with Gasteiger partial charge >= 0.3 is 0 Å². The summed E-state index contributed by atoms with van der Waals surface area (Å²) in [6.07, 6.45) is 14.4. The summed E-state index contributed by atoms with van der Waals surface area (Å²) in [7, 11) is 0. The molecule has 3 aromatic heterocycles. The Balaban J connectivity index is 0.704. The lowest BCUT2D eigenvalue weighted by Crippen LogP contribution is -2.74. The van der Waals surface area contributed by atoms with Crippen LogP contribution >= 0.6 is 0 Å². The molecule has 3 heterocycles. The van der Waals surface area contributed by atoms with Crippen molar-refractivity contribution in [3.05, 3.63) is 84.6 Å². The maximum atomic E-state index is 14.7. The molecule has 13 rings (SSSR count). The van der Waals surface area contributed by atoms with Crippen molar-refractivity contribution >= 4 is 50.6 Å². The minimum Gasteiger partial charge on any atom is -0.490 e. The molecule has 63 heavy (non-hydrogen) atoms. The highest BCUT2D eigenvalue weighted by atomic mass is 19.1. The number of H-pyrrole nitrogens is 1. The van der Waals surface area contributed by atoms with Crippen LogP contribution in [0.5, 0.6) is 11.5 Å². The molecule has 0 radical (unpaired) electrons. The van der Waals surface area contributed by atoms with Crippen LogP contribution in [-0.2, 0) is 9.59 Å². The fourth-order valence-corrected chi connectivity index (χ4v) is 13.1. The average molecular weight is 847 g/mol. The average Bonchev–Trinajstić information content (AvgIpc) is 3.80. The van der Waals surface area contributed by atoms with Gasteiger partial charge in [-0.25, -0.2) is 18.7 Å². The van der Waals surface area contributed by atoms with E-state index in [0.29, 0.717) is 80.1 Å². The molecule has 0 saturated heterocycles. The maximum Gasteiger partial charge on any atom is 0.229 e. The third kappa shape index (κ3) is 6.43. The highest BCUT2D eigenvalue weighted by Gasteiger charge is 2.68. The summed E-state index contributed by atoms with van der Waals surface area (Å²) in [5.74, 6) is 5.66. The standard InChI is InChI=1S/C51H48F2N6O4/c1-4-13-50-22-51(23-50,24-50)59-48(61)26(3)45-34-19-30(20-35(34)45)63-43-21-41(55-39-11-9-28(53)16-37(39)43)31-6-5-7-40-46(31)57-49(56-40)58-47(60)25(2)44-32-17-29(18-33(32)44)62-42-12-14-54-38-10-8-27(52)15-36(38)42/h1,5-12,14-16,21,25-26,29-30,32-35,44-45H,13,17-20,22-24H2,2-3H3,(H,59,61)(H2,56,57,58,60)/t25?,26?,29-,30-,32-,33+,34-,35+,44+,45+,50?,51?. The number of rotatable bonds is 12. The van der Waals surface area contributed by atoms with E-state index in [-0.39, 0.29) is 64.4 Å². The fraction of sp³-hybridized carbons (Fsp3) is 0.431. The zero-order chi connectivity index (χ0) is 42.9. The van der Waals surface area contributed by atoms with E-state index in [2.05, 4.69) is 33.4 Å². The van der Waals surface area contributed by atoms with Crippen LogP contribution in [0.2, 0.25) is 0 Å². The van der Waals surface area contributed by atoms with Gasteiger partial charge in [-0.05, 0) is 134 Å². The summed E-state index contributed by atoms with van der Waals surface area (Å²) in [5.41, 5.74) is 4.29. The Morgan fingerprint density at radius 3 is 2.10 bits per heavy atom. The van der Waals surface area contributed by atoms with Gasteiger partial charge in [-0.1, -0.05) is 26.0 Å². The number of nitrogens with zero attached hydrogens (tertiary/aromatic N) is 3. The number of aromatic amines is 1. The van der Waals surface area contributed by atoms with E-state index in [0.717, 1.165) is 62.4 Å². The molecule has 2 unspecified atom stereocenters. The largest absolute Gasteiger partial charge is 0.490 e. The molecule has 320 valence electrons. The molecule has 7 saturated carbocycles. The molecule has 3 aromatic carbocycles. The number of imidazole rings is 1. The van der Waals surface area contributed by atoms with Crippen molar-refractivity contribution in [2.45, 2.75) is 83.0 Å². The van der Waals surface area contributed by atoms with Gasteiger partial charge in [-0.3, -0.25) is 19.9 Å². The van der Waals surface area contributed by atoms with Gasteiger partial charge in [0.05, 0.1) is 40.0 Å². The molecule has 0 spiro atoms. The first-order valence-corrected chi connectivity index (χ1v) is 22.5. The molecular formula is C51H48F2N6O4. The van der Waals surface area contributed by atoms with Gasteiger partial charge < -0.3 is 19.8 Å². The molecule has 10 nitrogen and oxygen atoms in total. The number of aromatic nitrogens is 4. The zero-order valence-electron chi connectivity index (χ0n) is 35.2. The van der Waals surface area contributed by atoms with Gasteiger partial charge in [-0.15, -0.1) is 12.3 Å². The van der Waals surface area contributed by atoms with Gasteiger partial charge in [-0.2, -0.15) is 0 Å². The summed E-state index contributed by atoms with van der Waals surface area (Å²) < 4.78 is 41.8. The van der Waals surface area contributed by atoms with Crippen LogP contribution in [0.15, 0.2) is 72.9 Å². The van der Waals surface area contributed by atoms with Crippen LogP contribution in [0.25, 0.3) is 44.1 Å². The Hall–Kier alpha value is -6.09. The summed E-state index contributed by atoms with van der Waals surface area (Å²) in [6.45, 7) is 4.04.